The van der Waals surface area contributed by atoms with Crippen LogP contribution >= 0.6 is 0 Å². The summed E-state index contributed by atoms with van der Waals surface area (Å²) < 4.78 is 0. The lowest BCUT2D eigenvalue weighted by Gasteiger charge is -2.25. The van der Waals surface area contributed by atoms with Crippen molar-refractivity contribution in [2.75, 3.05) is 0 Å². The first kappa shape index (κ1) is 21.9. The summed E-state index contributed by atoms with van der Waals surface area (Å²) in [5.74, 6) is -1.96. The zero-order chi connectivity index (χ0) is 20.8. The van der Waals surface area contributed by atoms with Gasteiger partial charge in [-0.2, -0.15) is 0 Å². The number of carbonyl (C=O) groups excluding carboxylic acids is 2. The lowest BCUT2D eigenvalue weighted by molar-refractivity contribution is -0.125. The summed E-state index contributed by atoms with van der Waals surface area (Å²) >= 11 is 0. The Balaban J connectivity index is 2.13. The Morgan fingerprint density at radius 3 is 2.21 bits per heavy atom. The molecule has 2 rings (SSSR count). The maximum absolute atomic E-state index is 12.6. The second kappa shape index (κ2) is 9.68. The fraction of sp³-hybridized carbons (Fsp3) is 0.400. The van der Waals surface area contributed by atoms with E-state index in [0.29, 0.717) is 12.0 Å². The topological polar surface area (TPSA) is 119 Å². The molecule has 0 saturated heterocycles. The molecule has 0 bridgehead atoms. The number of rotatable bonds is 8. The largest absolute Gasteiger partial charge is 0.475 e. The van der Waals surface area contributed by atoms with Gasteiger partial charge >= 0.3 is 7.12 Å². The number of aliphatic hydroxyl groups excluding tert-OH is 1. The van der Waals surface area contributed by atoms with Gasteiger partial charge in [0.1, 0.15) is 6.04 Å². The number of benzene rings is 2. The summed E-state index contributed by atoms with van der Waals surface area (Å²) in [5, 5.41) is 35.8. The first-order valence-electron chi connectivity index (χ1n) is 9.33. The van der Waals surface area contributed by atoms with Crippen LogP contribution in [0.1, 0.15) is 37.6 Å². The maximum atomic E-state index is 12.6. The van der Waals surface area contributed by atoms with Crippen LogP contribution in [0.15, 0.2) is 42.5 Å². The minimum atomic E-state index is -1.74. The van der Waals surface area contributed by atoms with Gasteiger partial charge < -0.3 is 25.8 Å². The van der Waals surface area contributed by atoms with Crippen molar-refractivity contribution in [1.29, 1.82) is 0 Å². The molecule has 8 heteroatoms. The lowest BCUT2D eigenvalue weighted by Crippen LogP contribution is -2.57. The van der Waals surface area contributed by atoms with Gasteiger partial charge in [0.25, 0.3) is 5.91 Å². The molecule has 2 aromatic carbocycles. The summed E-state index contributed by atoms with van der Waals surface area (Å²) in [7, 11) is -1.74. The lowest BCUT2D eigenvalue weighted by atomic mass is 9.75. The normalized spacial score (nSPS) is 14.4. The average molecular weight is 386 g/mol. The zero-order valence-corrected chi connectivity index (χ0v) is 16.3. The second-order valence-electron chi connectivity index (χ2n) is 7.41. The molecule has 0 aliphatic carbocycles. The molecular weight excluding hydrogens is 359 g/mol. The molecule has 0 fully saturated rings. The molecule has 0 heterocycles. The fourth-order valence-electron chi connectivity index (χ4n) is 3.00. The van der Waals surface area contributed by atoms with E-state index < -0.39 is 37.0 Å². The molecule has 0 spiro atoms. The van der Waals surface area contributed by atoms with Crippen LogP contribution in [-0.2, 0) is 4.79 Å². The third-order valence-electron chi connectivity index (χ3n) is 4.48. The molecule has 2 amide bonds. The molecule has 3 atom stereocenters. The van der Waals surface area contributed by atoms with Crippen LogP contribution in [0.4, 0.5) is 0 Å². The zero-order valence-electron chi connectivity index (χ0n) is 16.3. The fourth-order valence-corrected chi connectivity index (χ4v) is 3.00. The molecule has 0 saturated carbocycles. The molecule has 7 nitrogen and oxygen atoms in total. The third kappa shape index (κ3) is 5.79. The first-order valence-corrected chi connectivity index (χ1v) is 9.33. The summed E-state index contributed by atoms with van der Waals surface area (Å²) in [4.78, 5) is 25.2. The van der Waals surface area contributed by atoms with Crippen molar-refractivity contribution >= 4 is 29.7 Å². The predicted molar refractivity (Wildman–Crippen MR) is 108 cm³/mol. The Hall–Kier alpha value is -2.42. The van der Waals surface area contributed by atoms with Gasteiger partial charge in [-0.3, -0.25) is 9.59 Å². The van der Waals surface area contributed by atoms with Gasteiger partial charge in [-0.25, -0.2) is 0 Å². The Morgan fingerprint density at radius 2 is 1.64 bits per heavy atom. The number of hydrogen-bond acceptors (Lipinski definition) is 5. The van der Waals surface area contributed by atoms with E-state index in [1.165, 1.54) is 6.92 Å². The van der Waals surface area contributed by atoms with E-state index in [4.69, 9.17) is 0 Å². The van der Waals surface area contributed by atoms with Crippen LogP contribution in [0.2, 0.25) is 0 Å². The highest BCUT2D eigenvalue weighted by atomic mass is 16.4. The van der Waals surface area contributed by atoms with Crippen LogP contribution < -0.4 is 10.6 Å². The first-order chi connectivity index (χ1) is 13.2. The monoisotopic (exact) mass is 386 g/mol. The Labute approximate surface area is 164 Å². The molecule has 2 aromatic rings. The van der Waals surface area contributed by atoms with Crippen LogP contribution in [0.5, 0.6) is 0 Å². The van der Waals surface area contributed by atoms with Gasteiger partial charge in [0.2, 0.25) is 5.91 Å². The van der Waals surface area contributed by atoms with Crippen molar-refractivity contribution in [2.45, 2.75) is 45.3 Å². The van der Waals surface area contributed by atoms with Gasteiger partial charge in [-0.15, -0.1) is 0 Å². The molecule has 0 aliphatic rings. The molecule has 0 aromatic heterocycles. The summed E-state index contributed by atoms with van der Waals surface area (Å²) in [6.07, 6.45) is -0.825. The van der Waals surface area contributed by atoms with E-state index in [1.54, 1.807) is 12.1 Å². The average Bonchev–Trinajstić information content (AvgIpc) is 2.64. The van der Waals surface area contributed by atoms with Gasteiger partial charge in [-0.05, 0) is 42.2 Å². The van der Waals surface area contributed by atoms with E-state index >= 15 is 0 Å². The van der Waals surface area contributed by atoms with Crippen molar-refractivity contribution in [2.24, 2.45) is 5.92 Å². The summed E-state index contributed by atoms with van der Waals surface area (Å²) in [6.45, 7) is 5.15. The highest BCUT2D eigenvalue weighted by molar-refractivity contribution is 6.43. The predicted octanol–water partition coefficient (Wildman–Crippen LogP) is 0.862. The summed E-state index contributed by atoms with van der Waals surface area (Å²) in [6, 6.07) is 11.5. The smallest absolute Gasteiger partial charge is 0.426 e. The molecule has 150 valence electrons. The highest BCUT2D eigenvalue weighted by Gasteiger charge is 2.32. The van der Waals surface area contributed by atoms with Crippen LogP contribution in [0, 0.1) is 5.92 Å². The molecule has 5 N–H and O–H groups in total. The molecule has 28 heavy (non-hydrogen) atoms. The van der Waals surface area contributed by atoms with Gasteiger partial charge in [0.15, 0.2) is 0 Å². The Morgan fingerprint density at radius 1 is 1.00 bits per heavy atom. The van der Waals surface area contributed by atoms with E-state index in [1.807, 2.05) is 44.2 Å². The number of aliphatic hydroxyl groups is 1. The minimum absolute atomic E-state index is 0.115. The molecule has 0 radical (unpaired) electrons. The number of carbonyl (C=O) groups is 2. The number of fused-ring (bicyclic) bond motifs is 1. The van der Waals surface area contributed by atoms with Crippen molar-refractivity contribution in [3.05, 3.63) is 48.0 Å². The maximum Gasteiger partial charge on any atom is 0.475 e. The van der Waals surface area contributed by atoms with Crippen molar-refractivity contribution < 1.29 is 24.7 Å². The minimum Gasteiger partial charge on any atom is -0.426 e. The van der Waals surface area contributed by atoms with Crippen molar-refractivity contribution in [3.8, 4) is 0 Å². The van der Waals surface area contributed by atoms with Crippen LogP contribution in [0.25, 0.3) is 10.8 Å². The van der Waals surface area contributed by atoms with Gasteiger partial charge in [-0.1, -0.05) is 44.2 Å². The Bertz CT molecular complexity index is 825. The SMILES string of the molecule is CC(C)C[C@H](NC(=O)[C@@H](NC(=O)c1ccc2ccccc2c1)[C@@H](C)O)B(O)O. The number of amides is 2. The van der Waals surface area contributed by atoms with Crippen LogP contribution in [-0.4, -0.2) is 52.2 Å². The molecular formula is C20H27BN2O5. The third-order valence-corrected chi connectivity index (χ3v) is 4.48. The second-order valence-corrected chi connectivity index (χ2v) is 7.41. The number of hydrogen-bond donors (Lipinski definition) is 5. The van der Waals surface area contributed by atoms with E-state index in [9.17, 15) is 24.7 Å². The highest BCUT2D eigenvalue weighted by Crippen LogP contribution is 2.16. The van der Waals surface area contributed by atoms with Gasteiger partial charge in [0.05, 0.1) is 12.0 Å². The van der Waals surface area contributed by atoms with E-state index in [2.05, 4.69) is 10.6 Å². The van der Waals surface area contributed by atoms with E-state index in [-0.39, 0.29) is 5.92 Å². The standard InChI is InChI=1S/C20H27BN2O5/c1-12(2)10-17(21(27)28)22-20(26)18(13(3)24)23-19(25)16-9-8-14-6-4-5-7-15(14)11-16/h4-9,11-13,17-18,24,27-28H,10H2,1-3H3,(H,22,26)(H,23,25)/t13-,17+,18+/m1/s1. The van der Waals surface area contributed by atoms with Crippen molar-refractivity contribution in [3.63, 3.8) is 0 Å². The van der Waals surface area contributed by atoms with Gasteiger partial charge in [0, 0.05) is 5.56 Å². The van der Waals surface area contributed by atoms with Crippen molar-refractivity contribution in [1.82, 2.24) is 10.6 Å². The quantitative estimate of drug-likeness (QED) is 0.431. The molecule has 0 unspecified atom stereocenters. The number of nitrogens with one attached hydrogen (secondary N) is 2. The van der Waals surface area contributed by atoms with E-state index in [0.717, 1.165) is 10.8 Å². The van der Waals surface area contributed by atoms with Crippen LogP contribution in [0.3, 0.4) is 0 Å². The Kier molecular flexibility index (Phi) is 7.56. The summed E-state index contributed by atoms with van der Waals surface area (Å²) in [5.41, 5.74) is 0.359. The molecule has 0 aliphatic heterocycles.